The third-order valence-electron chi connectivity index (χ3n) is 4.98. The van der Waals surface area contributed by atoms with Crippen LogP contribution in [0.4, 0.5) is 5.82 Å². The molecule has 1 aliphatic heterocycles. The minimum absolute atomic E-state index is 0.147. The van der Waals surface area contributed by atoms with Crippen LogP contribution in [-0.4, -0.2) is 21.2 Å². The van der Waals surface area contributed by atoms with E-state index in [9.17, 15) is 19.2 Å². The zero-order valence-corrected chi connectivity index (χ0v) is 14.9. The standard InChI is InChI=1S/C22H13N3O4/c26-18-14-10-4-6-12-7-5-11-15(16(12)14)20(27)23-19-17(18)21(28)24-22(29)25(19)13-8-2-1-3-9-13/h1-11H,(H,23,27)(H,24,28,29). The number of benzene rings is 3. The Bertz CT molecular complexity index is 1440. The van der Waals surface area contributed by atoms with Crippen LogP contribution in [0.25, 0.3) is 16.5 Å². The van der Waals surface area contributed by atoms with E-state index >= 15 is 0 Å². The number of ketones is 1. The van der Waals surface area contributed by atoms with E-state index in [1.165, 1.54) is 0 Å². The number of rotatable bonds is 1. The number of para-hydroxylation sites is 1. The molecule has 0 spiro atoms. The fourth-order valence-electron chi connectivity index (χ4n) is 3.72. The Balaban J connectivity index is 1.93. The van der Waals surface area contributed by atoms with Gasteiger partial charge in [-0.2, -0.15) is 0 Å². The zero-order valence-electron chi connectivity index (χ0n) is 14.9. The van der Waals surface area contributed by atoms with Crippen molar-refractivity contribution in [3.8, 4) is 5.69 Å². The highest BCUT2D eigenvalue weighted by Gasteiger charge is 2.29. The summed E-state index contributed by atoms with van der Waals surface area (Å²) in [6.45, 7) is 0. The van der Waals surface area contributed by atoms with Crippen molar-refractivity contribution < 1.29 is 9.59 Å². The molecule has 0 atom stereocenters. The number of hydrogen-bond acceptors (Lipinski definition) is 4. The summed E-state index contributed by atoms with van der Waals surface area (Å²) in [5, 5.41) is 3.81. The van der Waals surface area contributed by atoms with Crippen molar-refractivity contribution in [1.82, 2.24) is 9.55 Å². The summed E-state index contributed by atoms with van der Waals surface area (Å²) in [6, 6.07) is 18.7. The highest BCUT2D eigenvalue weighted by molar-refractivity contribution is 6.26. The molecule has 0 fully saturated rings. The predicted octanol–water partition coefficient (Wildman–Crippen LogP) is 2.48. The van der Waals surface area contributed by atoms with E-state index in [-0.39, 0.29) is 16.9 Å². The SMILES string of the molecule is O=C1Nc2c(c(=O)[nH]c(=O)n2-c2ccccc2)C(=O)c2cccc3cccc1c23. The van der Waals surface area contributed by atoms with Crippen LogP contribution in [0.2, 0.25) is 0 Å². The van der Waals surface area contributed by atoms with Crippen LogP contribution >= 0.6 is 0 Å². The van der Waals surface area contributed by atoms with Gasteiger partial charge in [0.05, 0.1) is 5.69 Å². The number of amides is 1. The van der Waals surface area contributed by atoms with Gasteiger partial charge in [-0.3, -0.25) is 19.4 Å². The highest BCUT2D eigenvalue weighted by Crippen LogP contribution is 2.30. The molecule has 0 aliphatic carbocycles. The quantitative estimate of drug-likeness (QED) is 0.527. The summed E-state index contributed by atoms with van der Waals surface area (Å²) in [7, 11) is 0. The van der Waals surface area contributed by atoms with Crippen LogP contribution in [0.15, 0.2) is 76.3 Å². The number of aromatic amines is 1. The van der Waals surface area contributed by atoms with Gasteiger partial charge in [0.1, 0.15) is 11.4 Å². The van der Waals surface area contributed by atoms with Crippen molar-refractivity contribution in [2.24, 2.45) is 0 Å². The molecule has 1 aliphatic rings. The second-order valence-electron chi connectivity index (χ2n) is 6.65. The third kappa shape index (κ3) is 2.45. The number of aromatic nitrogens is 2. The van der Waals surface area contributed by atoms with Crippen LogP contribution in [0, 0.1) is 0 Å². The summed E-state index contributed by atoms with van der Waals surface area (Å²) >= 11 is 0. The molecule has 0 unspecified atom stereocenters. The average molecular weight is 383 g/mol. The van der Waals surface area contributed by atoms with Gasteiger partial charge in [-0.1, -0.05) is 48.5 Å². The summed E-state index contributed by atoms with van der Waals surface area (Å²) in [4.78, 5) is 53.9. The summed E-state index contributed by atoms with van der Waals surface area (Å²) in [5.41, 5.74) is -0.949. The van der Waals surface area contributed by atoms with Gasteiger partial charge < -0.3 is 5.32 Å². The number of anilines is 1. The smallest absolute Gasteiger partial charge is 0.307 e. The van der Waals surface area contributed by atoms with Gasteiger partial charge in [0.2, 0.25) is 5.78 Å². The minimum atomic E-state index is -0.848. The van der Waals surface area contributed by atoms with Crippen molar-refractivity contribution in [1.29, 1.82) is 0 Å². The molecule has 4 aromatic rings. The van der Waals surface area contributed by atoms with E-state index in [0.29, 0.717) is 22.0 Å². The first-order valence-corrected chi connectivity index (χ1v) is 8.89. The number of carbonyl (C=O) groups is 2. The van der Waals surface area contributed by atoms with Crippen LogP contribution < -0.4 is 16.6 Å². The maximum Gasteiger partial charge on any atom is 0.334 e. The van der Waals surface area contributed by atoms with Crippen molar-refractivity contribution >= 4 is 28.3 Å². The van der Waals surface area contributed by atoms with E-state index in [1.807, 2.05) is 0 Å². The molecular weight excluding hydrogens is 370 g/mol. The molecule has 5 rings (SSSR count). The number of hydrogen-bond donors (Lipinski definition) is 2. The first-order chi connectivity index (χ1) is 14.1. The summed E-state index contributed by atoms with van der Waals surface area (Å²) in [6.07, 6.45) is 0. The highest BCUT2D eigenvalue weighted by atomic mass is 16.2. The minimum Gasteiger partial charge on any atom is -0.307 e. The molecule has 140 valence electrons. The lowest BCUT2D eigenvalue weighted by atomic mass is 9.92. The first-order valence-electron chi connectivity index (χ1n) is 8.89. The lowest BCUT2D eigenvalue weighted by molar-refractivity contribution is 0.102. The van der Waals surface area contributed by atoms with Gasteiger partial charge in [-0.15, -0.1) is 0 Å². The largest absolute Gasteiger partial charge is 0.334 e. The number of fused-ring (bicyclic) bond motifs is 1. The molecule has 7 nitrogen and oxygen atoms in total. The number of nitrogens with one attached hydrogen (secondary N) is 2. The van der Waals surface area contributed by atoms with Gasteiger partial charge in [-0.05, 0) is 23.6 Å². The number of nitrogens with zero attached hydrogens (tertiary/aromatic N) is 1. The molecule has 7 heteroatoms. The topological polar surface area (TPSA) is 101 Å². The lowest BCUT2D eigenvalue weighted by Crippen LogP contribution is -2.37. The van der Waals surface area contributed by atoms with Crippen molar-refractivity contribution in [2.75, 3.05) is 5.32 Å². The summed E-state index contributed by atoms with van der Waals surface area (Å²) in [5.74, 6) is -1.22. The zero-order chi connectivity index (χ0) is 20.1. The Morgan fingerprint density at radius 1 is 0.724 bits per heavy atom. The van der Waals surface area contributed by atoms with Crippen LogP contribution in [0.5, 0.6) is 0 Å². The molecule has 0 bridgehead atoms. The van der Waals surface area contributed by atoms with Gasteiger partial charge >= 0.3 is 5.69 Å². The Hall–Kier alpha value is -4.26. The molecule has 2 N–H and O–H groups in total. The van der Waals surface area contributed by atoms with E-state index < -0.39 is 22.9 Å². The van der Waals surface area contributed by atoms with Gasteiger partial charge in [-0.25, -0.2) is 9.36 Å². The second kappa shape index (κ2) is 6.13. The van der Waals surface area contributed by atoms with Crippen molar-refractivity contribution in [2.45, 2.75) is 0 Å². The predicted molar refractivity (Wildman–Crippen MR) is 108 cm³/mol. The van der Waals surface area contributed by atoms with E-state index in [0.717, 1.165) is 4.57 Å². The Morgan fingerprint density at radius 2 is 1.41 bits per heavy atom. The molecule has 1 aromatic heterocycles. The van der Waals surface area contributed by atoms with E-state index in [1.54, 1.807) is 66.7 Å². The van der Waals surface area contributed by atoms with Crippen LogP contribution in [-0.2, 0) is 0 Å². The lowest BCUT2D eigenvalue weighted by Gasteiger charge is -2.20. The molecule has 29 heavy (non-hydrogen) atoms. The van der Waals surface area contributed by atoms with E-state index in [2.05, 4.69) is 10.3 Å². The molecule has 0 radical (unpaired) electrons. The average Bonchev–Trinajstić information content (AvgIpc) is 2.72. The molecule has 0 saturated carbocycles. The van der Waals surface area contributed by atoms with Crippen molar-refractivity contribution in [3.63, 3.8) is 0 Å². The number of carbonyl (C=O) groups excluding carboxylic acids is 2. The monoisotopic (exact) mass is 383 g/mol. The molecule has 3 aromatic carbocycles. The molecular formula is C22H13N3O4. The van der Waals surface area contributed by atoms with Crippen molar-refractivity contribution in [3.05, 3.63) is 104 Å². The van der Waals surface area contributed by atoms with Gasteiger partial charge in [0.25, 0.3) is 11.5 Å². The molecule has 2 heterocycles. The summed E-state index contributed by atoms with van der Waals surface area (Å²) < 4.78 is 1.13. The maximum atomic E-state index is 13.4. The molecule has 0 saturated heterocycles. The fraction of sp³-hybridized carbons (Fsp3) is 0. The maximum absolute atomic E-state index is 13.4. The normalized spacial score (nSPS) is 12.8. The van der Waals surface area contributed by atoms with Crippen LogP contribution in [0.1, 0.15) is 26.3 Å². The fourth-order valence-corrected chi connectivity index (χ4v) is 3.72. The van der Waals surface area contributed by atoms with Gasteiger partial charge in [0.15, 0.2) is 0 Å². The Morgan fingerprint density at radius 3 is 2.14 bits per heavy atom. The molecule has 1 amide bonds. The third-order valence-corrected chi connectivity index (χ3v) is 4.98. The van der Waals surface area contributed by atoms with E-state index in [4.69, 9.17) is 0 Å². The second-order valence-corrected chi connectivity index (χ2v) is 6.65. The Labute approximate surface area is 163 Å². The first kappa shape index (κ1) is 16.9. The van der Waals surface area contributed by atoms with Gasteiger partial charge in [0, 0.05) is 16.5 Å². The number of H-pyrrole nitrogens is 1. The Kier molecular flexibility index (Phi) is 3.57. The van der Waals surface area contributed by atoms with Crippen LogP contribution in [0.3, 0.4) is 0 Å².